The van der Waals surface area contributed by atoms with E-state index in [9.17, 15) is 0 Å². The van der Waals surface area contributed by atoms with Crippen molar-refractivity contribution in [2.24, 2.45) is 0 Å². The third kappa shape index (κ3) is 3.03. The summed E-state index contributed by atoms with van der Waals surface area (Å²) in [5.41, 5.74) is 1.32. The Bertz CT molecular complexity index is 356. The van der Waals surface area contributed by atoms with Crippen molar-refractivity contribution in [1.82, 2.24) is 4.90 Å². The lowest BCUT2D eigenvalue weighted by Crippen LogP contribution is -2.41. The van der Waals surface area contributed by atoms with E-state index in [1.807, 2.05) is 12.1 Å². The van der Waals surface area contributed by atoms with Gasteiger partial charge in [0.15, 0.2) is 0 Å². The van der Waals surface area contributed by atoms with Crippen LogP contribution in [0.3, 0.4) is 0 Å². The molecule has 0 aromatic heterocycles. The third-order valence-corrected chi connectivity index (χ3v) is 3.82. The van der Waals surface area contributed by atoms with Gasteiger partial charge in [-0.15, -0.1) is 0 Å². The molecule has 18 heavy (non-hydrogen) atoms. The molecule has 1 aliphatic rings. The maximum absolute atomic E-state index is 8.80. The third-order valence-electron chi connectivity index (χ3n) is 3.82. The maximum Gasteiger partial charge on any atom is 0.123 e. The van der Waals surface area contributed by atoms with Gasteiger partial charge in [0, 0.05) is 19.1 Å². The van der Waals surface area contributed by atoms with E-state index < -0.39 is 0 Å². The van der Waals surface area contributed by atoms with Gasteiger partial charge >= 0.3 is 0 Å². The zero-order valence-electron chi connectivity index (χ0n) is 11.3. The number of nitrogens with zero attached hydrogens (tertiary/aromatic N) is 1. The van der Waals surface area contributed by atoms with Crippen molar-refractivity contribution in [3.05, 3.63) is 29.8 Å². The summed E-state index contributed by atoms with van der Waals surface area (Å²) in [6.45, 7) is 3.51. The lowest BCUT2D eigenvalue weighted by atomic mass is 10.0. The van der Waals surface area contributed by atoms with Crippen molar-refractivity contribution in [3.63, 3.8) is 0 Å². The summed E-state index contributed by atoms with van der Waals surface area (Å²) in [5.74, 6) is 1.04. The van der Waals surface area contributed by atoms with E-state index in [4.69, 9.17) is 9.84 Å². The smallest absolute Gasteiger partial charge is 0.123 e. The number of aliphatic hydroxyl groups is 1. The first-order valence-electron chi connectivity index (χ1n) is 6.78. The number of rotatable bonds is 6. The van der Waals surface area contributed by atoms with Crippen LogP contribution in [-0.2, 0) is 6.42 Å². The first-order valence-corrected chi connectivity index (χ1v) is 6.78. The first-order chi connectivity index (χ1) is 8.72. The Morgan fingerprint density at radius 2 is 2.17 bits per heavy atom. The van der Waals surface area contributed by atoms with Gasteiger partial charge < -0.3 is 9.84 Å². The standard InChI is InChI=1S/C15H23NO2/c1-12(16(2)9-5-6-10-17)15-11-13-7-3-4-8-14(13)18-15/h3-4,7-8,12,15,17H,5-6,9-11H2,1-2H3. The molecular weight excluding hydrogens is 226 g/mol. The maximum atomic E-state index is 8.80. The van der Waals surface area contributed by atoms with Gasteiger partial charge in [0.2, 0.25) is 0 Å². The van der Waals surface area contributed by atoms with Crippen molar-refractivity contribution >= 4 is 0 Å². The number of hydrogen-bond donors (Lipinski definition) is 1. The Labute approximate surface area is 109 Å². The number of aliphatic hydroxyl groups excluding tert-OH is 1. The zero-order valence-corrected chi connectivity index (χ0v) is 11.3. The summed E-state index contributed by atoms with van der Waals surface area (Å²) in [4.78, 5) is 2.33. The minimum Gasteiger partial charge on any atom is -0.488 e. The van der Waals surface area contributed by atoms with Crippen molar-refractivity contribution in [2.75, 3.05) is 20.2 Å². The van der Waals surface area contributed by atoms with Crippen LogP contribution in [0.1, 0.15) is 25.3 Å². The number of para-hydroxylation sites is 1. The number of fused-ring (bicyclic) bond motifs is 1. The van der Waals surface area contributed by atoms with Crippen molar-refractivity contribution < 1.29 is 9.84 Å². The van der Waals surface area contributed by atoms with E-state index in [-0.39, 0.29) is 12.7 Å². The van der Waals surface area contributed by atoms with Crippen molar-refractivity contribution in [2.45, 2.75) is 38.3 Å². The van der Waals surface area contributed by atoms with Crippen molar-refractivity contribution in [3.8, 4) is 5.75 Å². The molecule has 2 rings (SSSR count). The number of likely N-dealkylation sites (N-methyl/N-ethyl adjacent to an activating group) is 1. The second-order valence-electron chi connectivity index (χ2n) is 5.12. The molecule has 0 saturated carbocycles. The van der Waals surface area contributed by atoms with Gasteiger partial charge in [0.25, 0.3) is 0 Å². The fourth-order valence-electron chi connectivity index (χ4n) is 2.44. The molecule has 0 bridgehead atoms. The molecule has 3 nitrogen and oxygen atoms in total. The van der Waals surface area contributed by atoms with Gasteiger partial charge in [-0.25, -0.2) is 0 Å². The van der Waals surface area contributed by atoms with Crippen molar-refractivity contribution in [1.29, 1.82) is 0 Å². The van der Waals surface area contributed by atoms with Crippen LogP contribution in [0.15, 0.2) is 24.3 Å². The summed E-state index contributed by atoms with van der Waals surface area (Å²) in [5, 5.41) is 8.80. The van der Waals surface area contributed by atoms with E-state index in [0.29, 0.717) is 6.04 Å². The summed E-state index contributed by atoms with van der Waals surface area (Å²) in [6.07, 6.45) is 3.17. The molecule has 1 N–H and O–H groups in total. The lowest BCUT2D eigenvalue weighted by Gasteiger charge is -2.29. The Morgan fingerprint density at radius 3 is 2.89 bits per heavy atom. The Hall–Kier alpha value is -1.06. The minimum atomic E-state index is 0.251. The van der Waals surface area contributed by atoms with Crippen LogP contribution < -0.4 is 4.74 Å². The molecule has 1 aromatic rings. The van der Waals surface area contributed by atoms with E-state index in [1.165, 1.54) is 5.56 Å². The summed E-state index contributed by atoms with van der Waals surface area (Å²) in [6, 6.07) is 8.69. The molecule has 0 fully saturated rings. The van der Waals surface area contributed by atoms with Crippen LogP contribution in [0.25, 0.3) is 0 Å². The normalized spacial score (nSPS) is 19.7. The Balaban J connectivity index is 1.86. The van der Waals surface area contributed by atoms with E-state index in [1.54, 1.807) is 0 Å². The predicted molar refractivity (Wildman–Crippen MR) is 73.0 cm³/mol. The molecule has 100 valence electrons. The Morgan fingerprint density at radius 1 is 1.39 bits per heavy atom. The van der Waals surface area contributed by atoms with Gasteiger partial charge in [-0.2, -0.15) is 0 Å². The van der Waals surface area contributed by atoms with Gasteiger partial charge in [-0.3, -0.25) is 4.90 Å². The van der Waals surface area contributed by atoms with Gasteiger partial charge in [0.1, 0.15) is 11.9 Å². The van der Waals surface area contributed by atoms with E-state index in [0.717, 1.165) is 31.6 Å². The predicted octanol–water partition coefficient (Wildman–Crippen LogP) is 2.08. The summed E-state index contributed by atoms with van der Waals surface area (Å²) >= 11 is 0. The van der Waals surface area contributed by atoms with Crippen LogP contribution in [0.4, 0.5) is 0 Å². The molecule has 0 aliphatic carbocycles. The lowest BCUT2D eigenvalue weighted by molar-refractivity contribution is 0.107. The SMILES string of the molecule is CC(C1Cc2ccccc2O1)N(C)CCCCO. The monoisotopic (exact) mass is 249 g/mol. The molecule has 2 unspecified atom stereocenters. The molecule has 0 spiro atoms. The van der Waals surface area contributed by atoms with E-state index >= 15 is 0 Å². The average Bonchev–Trinajstić information content (AvgIpc) is 2.81. The fourth-order valence-corrected chi connectivity index (χ4v) is 2.44. The average molecular weight is 249 g/mol. The molecule has 0 radical (unpaired) electrons. The number of hydrogen-bond acceptors (Lipinski definition) is 3. The van der Waals surface area contributed by atoms with Gasteiger partial charge in [-0.1, -0.05) is 18.2 Å². The molecule has 0 saturated heterocycles. The number of ether oxygens (including phenoxy) is 1. The molecule has 1 heterocycles. The summed E-state index contributed by atoms with van der Waals surface area (Å²) in [7, 11) is 2.13. The molecule has 3 heteroatoms. The van der Waals surface area contributed by atoms with E-state index in [2.05, 4.69) is 31.0 Å². The largest absolute Gasteiger partial charge is 0.488 e. The summed E-state index contributed by atoms with van der Waals surface area (Å²) < 4.78 is 6.01. The highest BCUT2D eigenvalue weighted by Crippen LogP contribution is 2.30. The molecular formula is C15H23NO2. The highest BCUT2D eigenvalue weighted by atomic mass is 16.5. The second-order valence-corrected chi connectivity index (χ2v) is 5.12. The topological polar surface area (TPSA) is 32.7 Å². The molecule has 2 atom stereocenters. The van der Waals surface area contributed by atoms with Crippen LogP contribution >= 0.6 is 0 Å². The first kappa shape index (κ1) is 13.4. The number of benzene rings is 1. The molecule has 1 aliphatic heterocycles. The minimum absolute atomic E-state index is 0.251. The fraction of sp³-hybridized carbons (Fsp3) is 0.600. The zero-order chi connectivity index (χ0) is 13.0. The highest BCUT2D eigenvalue weighted by Gasteiger charge is 2.29. The van der Waals surface area contributed by atoms with Gasteiger partial charge in [0.05, 0.1) is 0 Å². The van der Waals surface area contributed by atoms with Crippen LogP contribution in [0.2, 0.25) is 0 Å². The molecule has 0 amide bonds. The molecule has 1 aromatic carbocycles. The van der Waals surface area contributed by atoms with Crippen LogP contribution in [-0.4, -0.2) is 42.4 Å². The van der Waals surface area contributed by atoms with Crippen LogP contribution in [0, 0.1) is 0 Å². The highest BCUT2D eigenvalue weighted by molar-refractivity contribution is 5.37. The second kappa shape index (κ2) is 6.21. The van der Waals surface area contributed by atoms with Gasteiger partial charge in [-0.05, 0) is 45.0 Å². The quantitative estimate of drug-likeness (QED) is 0.784. The Kier molecular flexibility index (Phi) is 4.61. The van der Waals surface area contributed by atoms with Crippen LogP contribution in [0.5, 0.6) is 5.75 Å². The number of unbranched alkanes of at least 4 members (excludes halogenated alkanes) is 1.